The summed E-state index contributed by atoms with van der Waals surface area (Å²) in [4.78, 5) is 3.90. The molecule has 0 aliphatic heterocycles. The van der Waals surface area contributed by atoms with E-state index in [0.717, 1.165) is 0 Å². The minimum absolute atomic E-state index is 0.171. The highest BCUT2D eigenvalue weighted by Gasteiger charge is 2.22. The highest BCUT2D eigenvalue weighted by molar-refractivity contribution is 5.06. The van der Waals surface area contributed by atoms with Crippen LogP contribution in [0, 0.1) is 11.2 Å². The molecule has 1 rings (SSSR count). The molecular formula is C11H16FNO. The predicted molar refractivity (Wildman–Crippen MR) is 53.4 cm³/mol. The highest BCUT2D eigenvalue weighted by Crippen LogP contribution is 2.21. The summed E-state index contributed by atoms with van der Waals surface area (Å²) in [6, 6.07) is 2.96. The summed E-state index contributed by atoms with van der Waals surface area (Å²) in [5.41, 5.74) is 0.546. The van der Waals surface area contributed by atoms with Crippen LogP contribution in [0.25, 0.3) is 0 Å². The first kappa shape index (κ1) is 11.1. The summed E-state index contributed by atoms with van der Waals surface area (Å²) < 4.78 is 12.5. The van der Waals surface area contributed by atoms with Crippen LogP contribution in [0.1, 0.15) is 26.5 Å². The quantitative estimate of drug-likeness (QED) is 0.788. The van der Waals surface area contributed by atoms with Crippen molar-refractivity contribution in [1.29, 1.82) is 0 Å². The zero-order chi connectivity index (χ0) is 10.8. The third-order valence-corrected chi connectivity index (χ3v) is 2.19. The number of pyridine rings is 1. The van der Waals surface area contributed by atoms with Gasteiger partial charge in [-0.05, 0) is 17.5 Å². The number of halogens is 1. The summed E-state index contributed by atoms with van der Waals surface area (Å²) in [6.07, 6.45) is 1.18. The molecule has 1 N–H and O–H groups in total. The molecular weight excluding hydrogens is 181 g/mol. The van der Waals surface area contributed by atoms with E-state index in [4.69, 9.17) is 0 Å². The molecule has 2 nitrogen and oxygen atoms in total. The molecule has 0 fully saturated rings. The average molecular weight is 197 g/mol. The SMILES string of the molecule is CC(C)(C)C(O)Cc1ccc(F)cn1. The van der Waals surface area contributed by atoms with Gasteiger partial charge in [0.25, 0.3) is 0 Å². The second-order valence-corrected chi connectivity index (χ2v) is 4.55. The lowest BCUT2D eigenvalue weighted by Gasteiger charge is -2.25. The number of aliphatic hydroxyl groups is 1. The van der Waals surface area contributed by atoms with Gasteiger partial charge in [-0.1, -0.05) is 20.8 Å². The fourth-order valence-corrected chi connectivity index (χ4v) is 1.03. The van der Waals surface area contributed by atoms with Gasteiger partial charge in [0.15, 0.2) is 0 Å². The maximum Gasteiger partial charge on any atom is 0.141 e. The fourth-order valence-electron chi connectivity index (χ4n) is 1.03. The Morgan fingerprint density at radius 2 is 2.07 bits per heavy atom. The van der Waals surface area contributed by atoms with Crippen LogP contribution in [0.4, 0.5) is 4.39 Å². The molecule has 0 radical (unpaired) electrons. The third-order valence-electron chi connectivity index (χ3n) is 2.19. The van der Waals surface area contributed by atoms with Crippen LogP contribution in [0.2, 0.25) is 0 Å². The van der Waals surface area contributed by atoms with E-state index >= 15 is 0 Å². The average Bonchev–Trinajstić information content (AvgIpc) is 2.07. The normalized spacial score (nSPS) is 14.1. The fraction of sp³-hybridized carbons (Fsp3) is 0.545. The van der Waals surface area contributed by atoms with Gasteiger partial charge in [0.1, 0.15) is 5.82 Å². The van der Waals surface area contributed by atoms with Crippen LogP contribution < -0.4 is 0 Å². The van der Waals surface area contributed by atoms with Gasteiger partial charge in [0.2, 0.25) is 0 Å². The number of rotatable bonds is 2. The molecule has 78 valence electrons. The van der Waals surface area contributed by atoms with E-state index in [9.17, 15) is 9.50 Å². The smallest absolute Gasteiger partial charge is 0.141 e. The summed E-state index contributed by atoms with van der Waals surface area (Å²) in [5, 5.41) is 9.77. The van der Waals surface area contributed by atoms with E-state index in [1.807, 2.05) is 20.8 Å². The molecule has 1 atom stereocenters. The Kier molecular flexibility index (Phi) is 3.21. The Morgan fingerprint density at radius 1 is 1.43 bits per heavy atom. The van der Waals surface area contributed by atoms with Crippen molar-refractivity contribution >= 4 is 0 Å². The van der Waals surface area contributed by atoms with Crippen molar-refractivity contribution in [3.05, 3.63) is 29.8 Å². The van der Waals surface area contributed by atoms with E-state index in [0.29, 0.717) is 12.1 Å². The largest absolute Gasteiger partial charge is 0.392 e. The number of aromatic nitrogens is 1. The maximum absolute atomic E-state index is 12.5. The van der Waals surface area contributed by atoms with Crippen LogP contribution in [-0.4, -0.2) is 16.2 Å². The van der Waals surface area contributed by atoms with Gasteiger partial charge in [0.05, 0.1) is 12.3 Å². The number of aliphatic hydroxyl groups excluding tert-OH is 1. The Balaban J connectivity index is 2.65. The number of nitrogens with zero attached hydrogens (tertiary/aromatic N) is 1. The minimum atomic E-state index is -0.458. The van der Waals surface area contributed by atoms with E-state index in [1.54, 1.807) is 6.07 Å². The molecule has 1 aromatic heterocycles. The van der Waals surface area contributed by atoms with Gasteiger partial charge in [0, 0.05) is 12.1 Å². The van der Waals surface area contributed by atoms with Crippen LogP contribution in [0.5, 0.6) is 0 Å². The molecule has 14 heavy (non-hydrogen) atoms. The standard InChI is InChI=1S/C11H16FNO/c1-11(2,3)10(14)6-9-5-4-8(12)7-13-9/h4-5,7,10,14H,6H2,1-3H3. The van der Waals surface area contributed by atoms with Crippen LogP contribution >= 0.6 is 0 Å². The van der Waals surface area contributed by atoms with Crippen molar-refractivity contribution in [1.82, 2.24) is 4.98 Å². The van der Waals surface area contributed by atoms with Gasteiger partial charge in [-0.3, -0.25) is 4.98 Å². The molecule has 0 saturated carbocycles. The van der Waals surface area contributed by atoms with Crippen LogP contribution in [-0.2, 0) is 6.42 Å². The lowest BCUT2D eigenvalue weighted by molar-refractivity contribution is 0.0627. The van der Waals surface area contributed by atoms with Crippen molar-refractivity contribution in [2.75, 3.05) is 0 Å². The summed E-state index contributed by atoms with van der Waals surface area (Å²) in [5.74, 6) is -0.348. The minimum Gasteiger partial charge on any atom is -0.392 e. The van der Waals surface area contributed by atoms with E-state index in [-0.39, 0.29) is 11.2 Å². The molecule has 0 spiro atoms. The molecule has 3 heteroatoms. The monoisotopic (exact) mass is 197 g/mol. The number of hydrogen-bond acceptors (Lipinski definition) is 2. The summed E-state index contributed by atoms with van der Waals surface area (Å²) in [7, 11) is 0. The number of hydrogen-bond donors (Lipinski definition) is 1. The van der Waals surface area contributed by atoms with Crippen molar-refractivity contribution in [3.63, 3.8) is 0 Å². The Morgan fingerprint density at radius 3 is 2.50 bits per heavy atom. The van der Waals surface area contributed by atoms with Crippen LogP contribution in [0.15, 0.2) is 18.3 Å². The molecule has 1 heterocycles. The maximum atomic E-state index is 12.5. The third kappa shape index (κ3) is 3.07. The Labute approximate surface area is 83.8 Å². The molecule has 0 amide bonds. The van der Waals surface area contributed by atoms with Crippen molar-refractivity contribution in [2.24, 2.45) is 5.41 Å². The highest BCUT2D eigenvalue weighted by atomic mass is 19.1. The molecule has 0 bridgehead atoms. The first-order valence-corrected chi connectivity index (χ1v) is 4.68. The Bertz CT molecular complexity index is 289. The van der Waals surface area contributed by atoms with E-state index in [2.05, 4.69) is 4.98 Å². The zero-order valence-corrected chi connectivity index (χ0v) is 8.79. The van der Waals surface area contributed by atoms with Crippen molar-refractivity contribution < 1.29 is 9.50 Å². The lowest BCUT2D eigenvalue weighted by atomic mass is 9.86. The lowest BCUT2D eigenvalue weighted by Crippen LogP contribution is -2.28. The van der Waals surface area contributed by atoms with Crippen molar-refractivity contribution in [2.45, 2.75) is 33.3 Å². The van der Waals surface area contributed by atoms with E-state index in [1.165, 1.54) is 12.3 Å². The van der Waals surface area contributed by atoms with Gasteiger partial charge in [-0.25, -0.2) is 4.39 Å². The summed E-state index contributed by atoms with van der Waals surface area (Å²) in [6.45, 7) is 5.88. The predicted octanol–water partition coefficient (Wildman–Crippen LogP) is 2.17. The van der Waals surface area contributed by atoms with Gasteiger partial charge in [-0.2, -0.15) is 0 Å². The van der Waals surface area contributed by atoms with Gasteiger partial charge < -0.3 is 5.11 Å². The second-order valence-electron chi connectivity index (χ2n) is 4.55. The molecule has 1 aromatic rings. The first-order chi connectivity index (χ1) is 6.39. The van der Waals surface area contributed by atoms with E-state index < -0.39 is 6.10 Å². The molecule has 0 aromatic carbocycles. The second kappa shape index (κ2) is 4.05. The molecule has 0 aliphatic rings. The zero-order valence-electron chi connectivity index (χ0n) is 8.79. The summed E-state index contributed by atoms with van der Waals surface area (Å²) >= 11 is 0. The topological polar surface area (TPSA) is 33.1 Å². The molecule has 0 aliphatic carbocycles. The molecule has 0 saturated heterocycles. The van der Waals surface area contributed by atoms with Gasteiger partial charge >= 0.3 is 0 Å². The van der Waals surface area contributed by atoms with Crippen LogP contribution in [0.3, 0.4) is 0 Å². The Hall–Kier alpha value is -0.960. The van der Waals surface area contributed by atoms with Gasteiger partial charge in [-0.15, -0.1) is 0 Å². The van der Waals surface area contributed by atoms with Crippen molar-refractivity contribution in [3.8, 4) is 0 Å². The molecule has 1 unspecified atom stereocenters. The first-order valence-electron chi connectivity index (χ1n) is 4.68.